The first-order chi connectivity index (χ1) is 13.3. The lowest BCUT2D eigenvalue weighted by atomic mass is 9.82. The van der Waals surface area contributed by atoms with Crippen LogP contribution in [0.3, 0.4) is 0 Å². The highest BCUT2D eigenvalue weighted by Crippen LogP contribution is 2.48. The summed E-state index contributed by atoms with van der Waals surface area (Å²) < 4.78 is 1.88. The van der Waals surface area contributed by atoms with E-state index < -0.39 is 17.8 Å². The van der Waals surface area contributed by atoms with Crippen LogP contribution in [0.15, 0.2) is 36.4 Å². The number of aromatic nitrogens is 2. The van der Waals surface area contributed by atoms with Crippen LogP contribution in [0.2, 0.25) is 0 Å². The third kappa shape index (κ3) is 3.13. The van der Waals surface area contributed by atoms with Crippen LogP contribution in [-0.4, -0.2) is 26.8 Å². The van der Waals surface area contributed by atoms with E-state index in [0.29, 0.717) is 12.2 Å². The number of anilines is 1. The number of carboxylic acid groups (broad SMARTS) is 1. The summed E-state index contributed by atoms with van der Waals surface area (Å²) in [5, 5.41) is 17.2. The Balaban J connectivity index is 1.54. The molecule has 146 valence electrons. The number of aryl methyl sites for hydroxylation is 2. The fourth-order valence-corrected chi connectivity index (χ4v) is 4.62. The molecule has 28 heavy (non-hydrogen) atoms. The van der Waals surface area contributed by atoms with Gasteiger partial charge in [0, 0.05) is 0 Å². The third-order valence-corrected chi connectivity index (χ3v) is 6.13. The number of hydrogen-bond donors (Lipinski definition) is 2. The van der Waals surface area contributed by atoms with E-state index >= 15 is 0 Å². The fourth-order valence-electron chi connectivity index (χ4n) is 4.62. The molecule has 1 aromatic carbocycles. The second-order valence-corrected chi connectivity index (χ2v) is 8.02. The molecule has 1 amide bonds. The molecular weight excluding hydrogens is 354 g/mol. The van der Waals surface area contributed by atoms with E-state index in [1.54, 1.807) is 0 Å². The maximum absolute atomic E-state index is 13.0. The van der Waals surface area contributed by atoms with Gasteiger partial charge in [-0.25, -0.2) is 0 Å². The first-order valence-corrected chi connectivity index (χ1v) is 9.66. The summed E-state index contributed by atoms with van der Waals surface area (Å²) in [6, 6.07) is 8.28. The molecule has 1 aromatic heterocycles. The van der Waals surface area contributed by atoms with Gasteiger partial charge in [-0.1, -0.05) is 42.0 Å². The van der Waals surface area contributed by atoms with Gasteiger partial charge in [-0.05, 0) is 44.6 Å². The molecule has 6 nitrogen and oxygen atoms in total. The van der Waals surface area contributed by atoms with Gasteiger partial charge in [0.1, 0.15) is 0 Å². The molecule has 2 aliphatic rings. The predicted molar refractivity (Wildman–Crippen MR) is 106 cm³/mol. The summed E-state index contributed by atoms with van der Waals surface area (Å²) in [5.74, 6) is -2.30. The third-order valence-electron chi connectivity index (χ3n) is 6.13. The van der Waals surface area contributed by atoms with Gasteiger partial charge in [-0.2, -0.15) is 5.10 Å². The van der Waals surface area contributed by atoms with Crippen LogP contribution in [0.1, 0.15) is 28.9 Å². The smallest absolute Gasteiger partial charge is 0.307 e. The average molecular weight is 379 g/mol. The van der Waals surface area contributed by atoms with Gasteiger partial charge in [0.2, 0.25) is 5.91 Å². The minimum Gasteiger partial charge on any atom is -0.481 e. The van der Waals surface area contributed by atoms with Crippen molar-refractivity contribution in [3.05, 3.63) is 58.9 Å². The topological polar surface area (TPSA) is 84.2 Å². The molecule has 0 aliphatic heterocycles. The normalized spacial score (nSPS) is 25.2. The van der Waals surface area contributed by atoms with Crippen molar-refractivity contribution in [2.24, 2.45) is 23.7 Å². The van der Waals surface area contributed by atoms with Gasteiger partial charge in [-0.15, -0.1) is 0 Å². The van der Waals surface area contributed by atoms with E-state index in [1.807, 2.05) is 30.7 Å². The second-order valence-electron chi connectivity index (χ2n) is 8.02. The molecule has 0 unspecified atom stereocenters. The van der Waals surface area contributed by atoms with Crippen LogP contribution in [0.4, 0.5) is 5.69 Å². The molecule has 2 N–H and O–H groups in total. The van der Waals surface area contributed by atoms with E-state index in [1.165, 1.54) is 5.56 Å². The second kappa shape index (κ2) is 6.93. The molecule has 0 spiro atoms. The molecule has 0 radical (unpaired) electrons. The van der Waals surface area contributed by atoms with Gasteiger partial charge >= 0.3 is 5.97 Å². The first-order valence-electron chi connectivity index (χ1n) is 9.66. The van der Waals surface area contributed by atoms with Gasteiger partial charge in [0.05, 0.1) is 35.5 Å². The number of aliphatic carboxylic acids is 1. The van der Waals surface area contributed by atoms with Gasteiger partial charge in [0.25, 0.3) is 0 Å². The summed E-state index contributed by atoms with van der Waals surface area (Å²) in [6.07, 6.45) is 4.69. The van der Waals surface area contributed by atoms with Crippen molar-refractivity contribution in [1.82, 2.24) is 9.78 Å². The number of benzene rings is 1. The van der Waals surface area contributed by atoms with E-state index in [0.717, 1.165) is 23.4 Å². The molecule has 2 aliphatic carbocycles. The number of hydrogen-bond acceptors (Lipinski definition) is 3. The predicted octanol–water partition coefficient (Wildman–Crippen LogP) is 3.32. The monoisotopic (exact) mass is 379 g/mol. The van der Waals surface area contributed by atoms with Gasteiger partial charge in [-0.3, -0.25) is 14.3 Å². The highest BCUT2D eigenvalue weighted by Gasteiger charge is 2.51. The summed E-state index contributed by atoms with van der Waals surface area (Å²) >= 11 is 0. The Morgan fingerprint density at radius 1 is 1.11 bits per heavy atom. The summed E-state index contributed by atoms with van der Waals surface area (Å²) in [5.41, 5.74) is 4.64. The van der Waals surface area contributed by atoms with Crippen LogP contribution < -0.4 is 5.32 Å². The highest BCUT2D eigenvalue weighted by molar-refractivity contribution is 5.97. The molecular formula is C22H25N3O3. The summed E-state index contributed by atoms with van der Waals surface area (Å²) in [7, 11) is 0. The number of carboxylic acids is 1. The zero-order valence-electron chi connectivity index (χ0n) is 16.3. The SMILES string of the molecule is Cc1ccc(Cn2nc(C)c(NC(=O)[C@@H]3[C@H](C(=O)O)[C@H]4C=C[C@H]3C4)c2C)cc1. The fraction of sp³-hybridized carbons (Fsp3) is 0.409. The average Bonchev–Trinajstić information content (AvgIpc) is 3.33. The summed E-state index contributed by atoms with van der Waals surface area (Å²) in [4.78, 5) is 24.7. The number of nitrogens with zero attached hydrogens (tertiary/aromatic N) is 2. The molecule has 2 aromatic rings. The number of carbonyl (C=O) groups excluding carboxylic acids is 1. The number of amides is 1. The van der Waals surface area contributed by atoms with Crippen LogP contribution in [0.5, 0.6) is 0 Å². The van der Waals surface area contributed by atoms with Crippen LogP contribution in [0.25, 0.3) is 0 Å². The zero-order valence-corrected chi connectivity index (χ0v) is 16.3. The van der Waals surface area contributed by atoms with E-state index in [4.69, 9.17) is 0 Å². The number of allylic oxidation sites excluding steroid dienone is 2. The molecule has 1 fully saturated rings. The number of nitrogens with one attached hydrogen (secondary N) is 1. The van der Waals surface area contributed by atoms with E-state index in [-0.39, 0.29) is 17.7 Å². The van der Waals surface area contributed by atoms with Crippen LogP contribution >= 0.6 is 0 Å². The Hall–Kier alpha value is -2.89. The largest absolute Gasteiger partial charge is 0.481 e. The lowest BCUT2D eigenvalue weighted by molar-refractivity contribution is -0.146. The number of rotatable bonds is 5. The van der Waals surface area contributed by atoms with Crippen molar-refractivity contribution in [3.63, 3.8) is 0 Å². The molecule has 1 saturated carbocycles. The highest BCUT2D eigenvalue weighted by atomic mass is 16.4. The minimum atomic E-state index is -0.888. The Morgan fingerprint density at radius 2 is 1.75 bits per heavy atom. The molecule has 6 heteroatoms. The van der Waals surface area contributed by atoms with Gasteiger partial charge < -0.3 is 10.4 Å². The molecule has 1 heterocycles. The Bertz CT molecular complexity index is 958. The van der Waals surface area contributed by atoms with Crippen LogP contribution in [0, 0.1) is 44.4 Å². The van der Waals surface area contributed by atoms with Crippen molar-refractivity contribution >= 4 is 17.6 Å². The molecule has 4 rings (SSSR count). The van der Waals surface area contributed by atoms with Crippen molar-refractivity contribution in [3.8, 4) is 0 Å². The lowest BCUT2D eigenvalue weighted by Gasteiger charge is -2.23. The van der Waals surface area contributed by atoms with E-state index in [9.17, 15) is 14.7 Å². The van der Waals surface area contributed by atoms with Crippen LogP contribution in [-0.2, 0) is 16.1 Å². The Kier molecular flexibility index (Phi) is 4.57. The van der Waals surface area contributed by atoms with E-state index in [2.05, 4.69) is 41.6 Å². The maximum Gasteiger partial charge on any atom is 0.307 e. The van der Waals surface area contributed by atoms with Crippen molar-refractivity contribution < 1.29 is 14.7 Å². The number of fused-ring (bicyclic) bond motifs is 2. The van der Waals surface area contributed by atoms with Crippen molar-refractivity contribution in [2.75, 3.05) is 5.32 Å². The summed E-state index contributed by atoms with van der Waals surface area (Å²) in [6.45, 7) is 6.47. The van der Waals surface area contributed by atoms with Gasteiger partial charge in [0.15, 0.2) is 0 Å². The Labute approximate surface area is 164 Å². The maximum atomic E-state index is 13.0. The standard InChI is InChI=1S/C22H25N3O3/c1-12-4-6-15(7-5-12)11-25-14(3)20(13(2)24-25)23-21(26)18-16-8-9-17(10-16)19(18)22(27)28/h4-9,16-19H,10-11H2,1-3H3,(H,23,26)(H,27,28)/t16-,17-,18-,19+/m0/s1. The lowest BCUT2D eigenvalue weighted by Crippen LogP contribution is -2.36. The zero-order chi connectivity index (χ0) is 20.0. The molecule has 4 atom stereocenters. The molecule has 0 saturated heterocycles. The quantitative estimate of drug-likeness (QED) is 0.781. The first kappa shape index (κ1) is 18.5. The number of carbonyl (C=O) groups is 2. The van der Waals surface area contributed by atoms with Crippen molar-refractivity contribution in [2.45, 2.75) is 33.7 Å². The minimum absolute atomic E-state index is 0.00863. The molecule has 2 bridgehead atoms. The van der Waals surface area contributed by atoms with Crippen molar-refractivity contribution in [1.29, 1.82) is 0 Å². The Morgan fingerprint density at radius 3 is 2.39 bits per heavy atom.